The minimum absolute atomic E-state index is 0.138. The lowest BCUT2D eigenvalue weighted by Gasteiger charge is -2.23. The highest BCUT2D eigenvalue weighted by Gasteiger charge is 2.34. The van der Waals surface area contributed by atoms with Gasteiger partial charge in [0.1, 0.15) is 5.75 Å². The fourth-order valence-electron chi connectivity index (χ4n) is 2.62. The summed E-state index contributed by atoms with van der Waals surface area (Å²) in [5.41, 5.74) is 6.28. The summed E-state index contributed by atoms with van der Waals surface area (Å²) in [4.78, 5) is 6.80. The van der Waals surface area contributed by atoms with E-state index >= 15 is 0 Å². The quantitative estimate of drug-likeness (QED) is 0.761. The molecule has 142 valence electrons. The van der Waals surface area contributed by atoms with Gasteiger partial charge in [0.25, 0.3) is 0 Å². The smallest absolute Gasteiger partial charge is 0.451 e. The van der Waals surface area contributed by atoms with Crippen LogP contribution < -0.4 is 10.5 Å². The SMILES string of the molecule is CC(COc1ccc(-c2ccnc(C(F)(F)F)n2)cc1Cl)CC(C)(C)N. The lowest BCUT2D eigenvalue weighted by atomic mass is 9.93. The van der Waals surface area contributed by atoms with Crippen molar-refractivity contribution in [2.45, 2.75) is 38.9 Å². The van der Waals surface area contributed by atoms with Crippen LogP contribution in [0, 0.1) is 5.92 Å². The maximum Gasteiger partial charge on any atom is 0.451 e. The number of aromatic nitrogens is 2. The molecule has 2 rings (SSSR count). The Morgan fingerprint density at radius 2 is 1.92 bits per heavy atom. The van der Waals surface area contributed by atoms with E-state index in [9.17, 15) is 13.2 Å². The van der Waals surface area contributed by atoms with Crippen molar-refractivity contribution in [3.8, 4) is 17.0 Å². The second-order valence-electron chi connectivity index (χ2n) is 7.02. The maximum atomic E-state index is 12.7. The van der Waals surface area contributed by atoms with E-state index < -0.39 is 12.0 Å². The van der Waals surface area contributed by atoms with Crippen LogP contribution in [0.1, 0.15) is 33.0 Å². The summed E-state index contributed by atoms with van der Waals surface area (Å²) in [5.74, 6) is -0.506. The molecular formula is C18H21ClF3N3O. The van der Waals surface area contributed by atoms with Crippen LogP contribution in [0.25, 0.3) is 11.3 Å². The number of rotatable bonds is 6. The Morgan fingerprint density at radius 3 is 2.50 bits per heavy atom. The summed E-state index contributed by atoms with van der Waals surface area (Å²) >= 11 is 6.21. The van der Waals surface area contributed by atoms with Gasteiger partial charge in [0.2, 0.25) is 5.82 Å². The van der Waals surface area contributed by atoms with Crippen molar-refractivity contribution in [3.05, 3.63) is 41.3 Å². The maximum absolute atomic E-state index is 12.7. The van der Waals surface area contributed by atoms with E-state index in [0.29, 0.717) is 22.9 Å². The molecule has 0 fully saturated rings. The van der Waals surface area contributed by atoms with Gasteiger partial charge in [0, 0.05) is 17.3 Å². The first-order valence-electron chi connectivity index (χ1n) is 8.07. The molecule has 1 aromatic heterocycles. The van der Waals surface area contributed by atoms with E-state index in [1.807, 2.05) is 20.8 Å². The molecule has 1 aromatic carbocycles. The Bertz CT molecular complexity index is 760. The molecule has 1 heterocycles. The summed E-state index contributed by atoms with van der Waals surface area (Å²) in [6, 6.07) is 6.15. The number of nitrogens with two attached hydrogens (primary N) is 1. The van der Waals surface area contributed by atoms with E-state index in [-0.39, 0.29) is 17.2 Å². The van der Waals surface area contributed by atoms with Crippen molar-refractivity contribution < 1.29 is 17.9 Å². The van der Waals surface area contributed by atoms with Crippen LogP contribution in [0.3, 0.4) is 0 Å². The monoisotopic (exact) mass is 387 g/mol. The van der Waals surface area contributed by atoms with E-state index in [1.165, 1.54) is 12.1 Å². The van der Waals surface area contributed by atoms with Gasteiger partial charge in [-0.05, 0) is 50.5 Å². The third-order valence-corrected chi connectivity index (χ3v) is 3.83. The Kier molecular flexibility index (Phi) is 6.13. The van der Waals surface area contributed by atoms with Gasteiger partial charge in [-0.3, -0.25) is 0 Å². The molecule has 26 heavy (non-hydrogen) atoms. The molecule has 2 aromatic rings. The zero-order chi connectivity index (χ0) is 19.5. The van der Waals surface area contributed by atoms with Gasteiger partial charge in [0.05, 0.1) is 17.3 Å². The molecule has 1 atom stereocenters. The van der Waals surface area contributed by atoms with Crippen molar-refractivity contribution in [2.24, 2.45) is 11.7 Å². The van der Waals surface area contributed by atoms with Crippen molar-refractivity contribution in [2.75, 3.05) is 6.61 Å². The Labute approximate surface area is 155 Å². The Morgan fingerprint density at radius 1 is 1.23 bits per heavy atom. The van der Waals surface area contributed by atoms with E-state index in [0.717, 1.165) is 12.6 Å². The summed E-state index contributed by atoms with van der Waals surface area (Å²) in [5, 5.41) is 0.300. The van der Waals surface area contributed by atoms with Crippen LogP contribution >= 0.6 is 11.6 Å². The van der Waals surface area contributed by atoms with Gasteiger partial charge in [-0.15, -0.1) is 0 Å². The van der Waals surface area contributed by atoms with Crippen molar-refractivity contribution in [1.82, 2.24) is 9.97 Å². The summed E-state index contributed by atoms with van der Waals surface area (Å²) in [6.07, 6.45) is -2.75. The third kappa shape index (κ3) is 5.85. The van der Waals surface area contributed by atoms with Gasteiger partial charge in [-0.25, -0.2) is 9.97 Å². The molecule has 0 saturated carbocycles. The number of hydrogen-bond donors (Lipinski definition) is 1. The number of benzene rings is 1. The molecule has 2 N–H and O–H groups in total. The van der Waals surface area contributed by atoms with Crippen LogP contribution in [0.5, 0.6) is 5.75 Å². The average Bonchev–Trinajstić information content (AvgIpc) is 2.51. The molecule has 0 spiro atoms. The molecule has 4 nitrogen and oxygen atoms in total. The van der Waals surface area contributed by atoms with Crippen molar-refractivity contribution in [3.63, 3.8) is 0 Å². The summed E-state index contributed by atoms with van der Waals surface area (Å²) < 4.78 is 43.9. The molecular weight excluding hydrogens is 367 g/mol. The highest BCUT2D eigenvalue weighted by atomic mass is 35.5. The zero-order valence-corrected chi connectivity index (χ0v) is 15.5. The highest BCUT2D eigenvalue weighted by molar-refractivity contribution is 6.32. The Hall–Kier alpha value is -1.86. The number of nitrogens with zero attached hydrogens (tertiary/aromatic N) is 2. The normalized spacial score (nSPS) is 13.5. The first-order valence-corrected chi connectivity index (χ1v) is 8.45. The first kappa shape index (κ1) is 20.5. The highest BCUT2D eigenvalue weighted by Crippen LogP contribution is 2.32. The molecule has 0 saturated heterocycles. The predicted octanol–water partition coefficient (Wildman–Crippen LogP) is 4.96. The summed E-state index contributed by atoms with van der Waals surface area (Å²) in [6.45, 7) is 6.35. The molecule has 0 aliphatic heterocycles. The Balaban J connectivity index is 2.12. The fourth-order valence-corrected chi connectivity index (χ4v) is 2.86. The second kappa shape index (κ2) is 7.80. The lowest BCUT2D eigenvalue weighted by Crippen LogP contribution is -2.35. The van der Waals surface area contributed by atoms with Gasteiger partial charge in [-0.2, -0.15) is 13.2 Å². The molecule has 1 unspecified atom stereocenters. The number of hydrogen-bond acceptors (Lipinski definition) is 4. The van der Waals surface area contributed by atoms with Crippen LogP contribution in [0.15, 0.2) is 30.5 Å². The minimum atomic E-state index is -4.60. The van der Waals surface area contributed by atoms with Gasteiger partial charge in [-0.1, -0.05) is 18.5 Å². The first-order chi connectivity index (χ1) is 12.0. The predicted molar refractivity (Wildman–Crippen MR) is 95.0 cm³/mol. The largest absolute Gasteiger partial charge is 0.492 e. The minimum Gasteiger partial charge on any atom is -0.492 e. The zero-order valence-electron chi connectivity index (χ0n) is 14.8. The van der Waals surface area contributed by atoms with Crippen molar-refractivity contribution >= 4 is 11.6 Å². The van der Waals surface area contributed by atoms with Crippen LogP contribution in [0.2, 0.25) is 5.02 Å². The summed E-state index contributed by atoms with van der Waals surface area (Å²) in [7, 11) is 0. The van der Waals surface area contributed by atoms with E-state index in [2.05, 4.69) is 9.97 Å². The van der Waals surface area contributed by atoms with Gasteiger partial charge in [0.15, 0.2) is 0 Å². The molecule has 0 bridgehead atoms. The third-order valence-electron chi connectivity index (χ3n) is 3.53. The number of alkyl halides is 3. The van der Waals surface area contributed by atoms with Crippen LogP contribution in [-0.2, 0) is 6.18 Å². The number of ether oxygens (including phenoxy) is 1. The molecule has 0 aliphatic carbocycles. The van der Waals surface area contributed by atoms with E-state index in [4.69, 9.17) is 22.1 Å². The standard InChI is InChI=1S/C18H21ClF3N3O/c1-11(9-17(2,3)23)10-26-15-5-4-12(8-13(15)19)14-6-7-24-16(25-14)18(20,21)22/h4-8,11H,9-10,23H2,1-3H3. The molecule has 0 amide bonds. The number of halogens is 4. The van der Waals surface area contributed by atoms with Crippen LogP contribution in [-0.4, -0.2) is 22.1 Å². The van der Waals surface area contributed by atoms with Crippen molar-refractivity contribution in [1.29, 1.82) is 0 Å². The average molecular weight is 388 g/mol. The van der Waals surface area contributed by atoms with Crippen LogP contribution in [0.4, 0.5) is 13.2 Å². The topological polar surface area (TPSA) is 61.0 Å². The second-order valence-corrected chi connectivity index (χ2v) is 7.42. The molecule has 0 aliphatic rings. The fraction of sp³-hybridized carbons (Fsp3) is 0.444. The van der Waals surface area contributed by atoms with Gasteiger partial charge >= 0.3 is 6.18 Å². The lowest BCUT2D eigenvalue weighted by molar-refractivity contribution is -0.144. The molecule has 8 heteroatoms. The molecule has 0 radical (unpaired) electrons. The van der Waals surface area contributed by atoms with Gasteiger partial charge < -0.3 is 10.5 Å². The van der Waals surface area contributed by atoms with E-state index in [1.54, 1.807) is 12.1 Å².